The van der Waals surface area contributed by atoms with Crippen molar-refractivity contribution in [3.05, 3.63) is 84.9 Å². The maximum Gasteiger partial charge on any atom is 0.344 e. The summed E-state index contributed by atoms with van der Waals surface area (Å²) >= 11 is 0. The number of hydrogen-bond donors (Lipinski definition) is 0. The zero-order chi connectivity index (χ0) is 24.8. The predicted molar refractivity (Wildman–Crippen MR) is 117 cm³/mol. The quantitative estimate of drug-likeness (QED) is 0.230. The van der Waals surface area contributed by atoms with Gasteiger partial charge >= 0.3 is 5.97 Å². The van der Waals surface area contributed by atoms with Crippen LogP contribution in [0.3, 0.4) is 0 Å². The Labute approximate surface area is 197 Å². The molecule has 0 saturated carbocycles. The summed E-state index contributed by atoms with van der Waals surface area (Å²) in [7, 11) is -6.48. The van der Waals surface area contributed by atoms with Crippen LogP contribution in [0.25, 0.3) is 0 Å². The number of ether oxygens (including phenoxy) is 2. The Morgan fingerprint density at radius 3 is 1.79 bits per heavy atom. The zero-order valence-electron chi connectivity index (χ0n) is 17.5. The minimum Gasteiger partial charge on any atom is -0.745 e. The summed E-state index contributed by atoms with van der Waals surface area (Å²) in [5.41, 5.74) is 0. The lowest BCUT2D eigenvalue weighted by Gasteiger charge is -2.26. The molecule has 1 unspecified atom stereocenters. The van der Waals surface area contributed by atoms with Crippen LogP contribution in [-0.4, -0.2) is 43.6 Å². The van der Waals surface area contributed by atoms with E-state index in [0.717, 1.165) is 14.7 Å². The highest BCUT2D eigenvalue weighted by Crippen LogP contribution is 2.32. The van der Waals surface area contributed by atoms with E-state index in [1.165, 1.54) is 0 Å². The molecule has 3 aromatic carbocycles. The normalized spacial score (nSPS) is 13.5. The van der Waals surface area contributed by atoms with Crippen molar-refractivity contribution >= 4 is 27.0 Å². The Bertz CT molecular complexity index is 1150. The second-order valence-electron chi connectivity index (χ2n) is 6.89. The maximum atomic E-state index is 13.8. The SMILES string of the molecule is O=C(COc1ccc([S+](c2ccccc2)c2ccccc2)cc1)OCC(F)(C(F)F)S(=O)(=O)[O-]. The standard InChI is InChI=1S/C23H19F3O6S2/c24-22(25)23(26,34(28,29)30)16-32-21(27)15-31-17-11-13-20(14-12-17)33(18-7-3-1-4-8-18)19-9-5-2-6-10-19/h1-14,22H,15-16H2. The number of carbonyl (C=O) groups is 1. The predicted octanol–water partition coefficient (Wildman–Crippen LogP) is 4.18. The largest absolute Gasteiger partial charge is 0.745 e. The van der Waals surface area contributed by atoms with Gasteiger partial charge in [0, 0.05) is 0 Å². The zero-order valence-corrected chi connectivity index (χ0v) is 19.1. The Balaban J connectivity index is 1.67. The van der Waals surface area contributed by atoms with Crippen LogP contribution in [0, 0.1) is 0 Å². The molecule has 0 heterocycles. The maximum absolute atomic E-state index is 13.8. The first-order valence-corrected chi connectivity index (χ1v) is 12.4. The van der Waals surface area contributed by atoms with Gasteiger partial charge in [0.25, 0.3) is 11.4 Å². The van der Waals surface area contributed by atoms with Crippen LogP contribution >= 0.6 is 0 Å². The van der Waals surface area contributed by atoms with Crippen molar-refractivity contribution in [2.45, 2.75) is 26.1 Å². The fourth-order valence-corrected chi connectivity index (χ4v) is 5.31. The Morgan fingerprint density at radius 1 is 0.882 bits per heavy atom. The molecular formula is C23H19F3O6S2. The van der Waals surface area contributed by atoms with E-state index < -0.39 is 51.6 Å². The summed E-state index contributed by atoms with van der Waals surface area (Å²) in [5.74, 6) is -1.08. The van der Waals surface area contributed by atoms with Gasteiger partial charge in [-0.05, 0) is 48.5 Å². The molecule has 0 fully saturated rings. The van der Waals surface area contributed by atoms with E-state index in [1.54, 1.807) is 24.3 Å². The average molecular weight is 513 g/mol. The fourth-order valence-electron chi connectivity index (χ4n) is 2.80. The molecule has 0 radical (unpaired) electrons. The molecule has 0 aliphatic heterocycles. The van der Waals surface area contributed by atoms with Gasteiger partial charge < -0.3 is 14.0 Å². The number of benzene rings is 3. The third kappa shape index (κ3) is 6.10. The average Bonchev–Trinajstić information content (AvgIpc) is 2.82. The first kappa shape index (κ1) is 25.6. The third-order valence-corrected chi connectivity index (χ3v) is 7.90. The van der Waals surface area contributed by atoms with Crippen molar-refractivity contribution in [1.82, 2.24) is 0 Å². The van der Waals surface area contributed by atoms with Crippen LogP contribution < -0.4 is 4.74 Å². The second kappa shape index (κ2) is 10.9. The van der Waals surface area contributed by atoms with E-state index in [0.29, 0.717) is 0 Å². The number of alkyl halides is 3. The molecule has 0 spiro atoms. The molecule has 0 amide bonds. The van der Waals surface area contributed by atoms with Gasteiger partial charge in [-0.25, -0.2) is 26.4 Å². The second-order valence-corrected chi connectivity index (χ2v) is 10.5. The monoisotopic (exact) mass is 512 g/mol. The molecule has 11 heteroatoms. The van der Waals surface area contributed by atoms with Crippen molar-refractivity contribution in [1.29, 1.82) is 0 Å². The summed E-state index contributed by atoms with van der Waals surface area (Å²) in [4.78, 5) is 14.8. The summed E-state index contributed by atoms with van der Waals surface area (Å²) < 4.78 is 80.7. The highest BCUT2D eigenvalue weighted by molar-refractivity contribution is 7.97. The Kier molecular flexibility index (Phi) is 8.24. The first-order valence-electron chi connectivity index (χ1n) is 9.77. The van der Waals surface area contributed by atoms with Gasteiger partial charge in [-0.2, -0.15) is 0 Å². The molecule has 34 heavy (non-hydrogen) atoms. The highest BCUT2D eigenvalue weighted by Gasteiger charge is 2.49. The van der Waals surface area contributed by atoms with Crippen molar-refractivity contribution < 1.29 is 40.4 Å². The minimum atomic E-state index is -6.07. The fraction of sp³-hybridized carbons (Fsp3) is 0.174. The molecule has 1 atom stereocenters. The lowest BCUT2D eigenvalue weighted by atomic mass is 10.3. The molecule has 3 aromatic rings. The van der Waals surface area contributed by atoms with Crippen LogP contribution in [-0.2, 0) is 30.5 Å². The van der Waals surface area contributed by atoms with Crippen LogP contribution in [0.4, 0.5) is 13.2 Å². The van der Waals surface area contributed by atoms with Gasteiger partial charge in [0.05, 0.1) is 10.9 Å². The molecule has 6 nitrogen and oxygen atoms in total. The molecule has 0 bridgehead atoms. The summed E-state index contributed by atoms with van der Waals surface area (Å²) in [6.07, 6.45) is -4.18. The van der Waals surface area contributed by atoms with Gasteiger partial charge in [0.15, 0.2) is 21.3 Å². The van der Waals surface area contributed by atoms with Crippen LogP contribution in [0.5, 0.6) is 5.75 Å². The summed E-state index contributed by atoms with van der Waals surface area (Å²) in [5, 5.41) is -4.53. The molecule has 3 rings (SSSR count). The van der Waals surface area contributed by atoms with Crippen molar-refractivity contribution in [2.24, 2.45) is 0 Å². The van der Waals surface area contributed by atoms with E-state index >= 15 is 0 Å². The molecule has 0 aliphatic rings. The van der Waals surface area contributed by atoms with Crippen LogP contribution in [0.1, 0.15) is 0 Å². The number of halogens is 3. The van der Waals surface area contributed by atoms with E-state index in [9.17, 15) is 30.9 Å². The molecule has 0 N–H and O–H groups in total. The number of rotatable bonds is 10. The van der Waals surface area contributed by atoms with Crippen LogP contribution in [0.15, 0.2) is 99.6 Å². The van der Waals surface area contributed by atoms with Crippen molar-refractivity contribution in [2.75, 3.05) is 13.2 Å². The number of esters is 1. The molecule has 0 aromatic heterocycles. The number of hydrogen-bond acceptors (Lipinski definition) is 6. The first-order chi connectivity index (χ1) is 16.1. The topological polar surface area (TPSA) is 92.7 Å². The molecule has 0 aliphatic carbocycles. The van der Waals surface area contributed by atoms with E-state index in [2.05, 4.69) is 4.74 Å². The van der Waals surface area contributed by atoms with Gasteiger partial charge in [0.2, 0.25) is 0 Å². The van der Waals surface area contributed by atoms with Crippen LogP contribution in [0.2, 0.25) is 0 Å². The van der Waals surface area contributed by atoms with Crippen molar-refractivity contribution in [3.63, 3.8) is 0 Å². The molecule has 0 saturated heterocycles. The van der Waals surface area contributed by atoms with E-state index in [-0.39, 0.29) is 5.75 Å². The lowest BCUT2D eigenvalue weighted by molar-refractivity contribution is -0.151. The van der Waals surface area contributed by atoms with Gasteiger partial charge in [-0.15, -0.1) is 0 Å². The van der Waals surface area contributed by atoms with Crippen molar-refractivity contribution in [3.8, 4) is 5.75 Å². The van der Waals surface area contributed by atoms with E-state index in [4.69, 9.17) is 4.74 Å². The lowest BCUT2D eigenvalue weighted by Crippen LogP contribution is -2.46. The highest BCUT2D eigenvalue weighted by atomic mass is 32.2. The Hall–Kier alpha value is -3.02. The molecular weight excluding hydrogens is 493 g/mol. The summed E-state index contributed by atoms with van der Waals surface area (Å²) in [6, 6.07) is 26.5. The Morgan fingerprint density at radius 2 is 1.35 bits per heavy atom. The minimum absolute atomic E-state index is 0.238. The van der Waals surface area contributed by atoms with Gasteiger partial charge in [-0.3, -0.25) is 0 Å². The van der Waals surface area contributed by atoms with Gasteiger partial charge in [-0.1, -0.05) is 36.4 Å². The third-order valence-electron chi connectivity index (χ3n) is 4.55. The smallest absolute Gasteiger partial charge is 0.344 e. The van der Waals surface area contributed by atoms with E-state index in [1.807, 2.05) is 60.7 Å². The summed E-state index contributed by atoms with van der Waals surface area (Å²) in [6.45, 7) is -2.74. The van der Waals surface area contributed by atoms with Gasteiger partial charge in [0.1, 0.15) is 22.5 Å². The number of carbonyl (C=O) groups excluding carboxylic acids is 1. The molecule has 180 valence electrons.